The quantitative estimate of drug-likeness (QED) is 0.403. The van der Waals surface area contributed by atoms with Gasteiger partial charge in [-0.3, -0.25) is 9.59 Å². The fraction of sp³-hybridized carbons (Fsp3) is 0.355. The van der Waals surface area contributed by atoms with Gasteiger partial charge in [0.15, 0.2) is 11.6 Å². The van der Waals surface area contributed by atoms with Crippen LogP contribution in [0.5, 0.6) is 0 Å². The van der Waals surface area contributed by atoms with Crippen molar-refractivity contribution in [2.45, 2.75) is 64.2 Å². The summed E-state index contributed by atoms with van der Waals surface area (Å²) in [6.45, 7) is 8.20. The maximum Gasteiger partial charge on any atom is 0.285 e. The first-order chi connectivity index (χ1) is 19.1. The number of carbonyl (C=O) groups is 2. The van der Waals surface area contributed by atoms with Gasteiger partial charge >= 0.3 is 0 Å². The molecule has 2 aromatic carbocycles. The van der Waals surface area contributed by atoms with Crippen LogP contribution in [0.3, 0.4) is 0 Å². The lowest BCUT2D eigenvalue weighted by molar-refractivity contribution is -0.119. The van der Waals surface area contributed by atoms with Crippen molar-refractivity contribution in [3.63, 3.8) is 0 Å². The lowest BCUT2D eigenvalue weighted by Gasteiger charge is -2.49. The fourth-order valence-electron chi connectivity index (χ4n) is 6.32. The van der Waals surface area contributed by atoms with E-state index < -0.39 is 21.9 Å². The van der Waals surface area contributed by atoms with Crippen molar-refractivity contribution in [3.8, 4) is 6.07 Å². The number of allylic oxidation sites excluding steroid dienone is 4. The van der Waals surface area contributed by atoms with E-state index in [4.69, 9.17) is 11.5 Å². The average molecular weight is 572 g/mol. The van der Waals surface area contributed by atoms with Crippen molar-refractivity contribution in [3.05, 3.63) is 82.2 Å². The van der Waals surface area contributed by atoms with Crippen LogP contribution in [0.15, 0.2) is 80.4 Å². The molecule has 9 nitrogen and oxygen atoms in total. The number of ketones is 2. The highest BCUT2D eigenvalue weighted by Gasteiger charge is 2.49. The highest BCUT2D eigenvalue weighted by Crippen LogP contribution is 2.55. The minimum Gasteiger partial charge on any atom is -0.369 e. The van der Waals surface area contributed by atoms with Crippen LogP contribution in [-0.2, 0) is 19.6 Å². The summed E-state index contributed by atoms with van der Waals surface area (Å²) in [4.78, 5) is 29.8. The lowest BCUT2D eigenvalue weighted by Crippen LogP contribution is -2.44. The summed E-state index contributed by atoms with van der Waals surface area (Å²) in [5.74, 6) is -1.15. The maximum atomic E-state index is 13.9. The van der Waals surface area contributed by atoms with Crippen LogP contribution in [0.1, 0.15) is 70.4 Å². The zero-order chi connectivity index (χ0) is 29.9. The normalized spacial score (nSPS) is 20.3. The summed E-state index contributed by atoms with van der Waals surface area (Å²) in [5, 5.41) is 9.35. The molecule has 1 heterocycles. The molecule has 4 N–H and O–H groups in total. The highest BCUT2D eigenvalue weighted by molar-refractivity contribution is 7.90. The predicted octanol–water partition coefficient (Wildman–Crippen LogP) is 4.41. The van der Waals surface area contributed by atoms with Gasteiger partial charge in [0.1, 0.15) is 0 Å². The first-order valence-electron chi connectivity index (χ1n) is 13.4. The van der Waals surface area contributed by atoms with E-state index >= 15 is 0 Å². The monoisotopic (exact) mass is 571 g/mol. The van der Waals surface area contributed by atoms with Crippen LogP contribution < -0.4 is 16.4 Å². The number of hydrogen-bond acceptors (Lipinski definition) is 6. The van der Waals surface area contributed by atoms with Crippen LogP contribution in [0.4, 0.5) is 5.69 Å². The number of nitriles is 1. The van der Waals surface area contributed by atoms with Crippen molar-refractivity contribution in [2.24, 2.45) is 26.7 Å². The molecule has 3 aliphatic rings. The second-order valence-electron chi connectivity index (χ2n) is 12.6. The minimum atomic E-state index is -4.09. The Labute approximate surface area is 240 Å². The molecular formula is C31H33N5O4S. The van der Waals surface area contributed by atoms with E-state index in [9.17, 15) is 23.3 Å². The Kier molecular flexibility index (Phi) is 6.70. The summed E-state index contributed by atoms with van der Waals surface area (Å²) in [6.07, 6.45) is 1.84. The molecule has 0 saturated heterocycles. The summed E-state index contributed by atoms with van der Waals surface area (Å²) >= 11 is 0. The Morgan fingerprint density at radius 2 is 1.34 bits per heavy atom. The fourth-order valence-corrected chi connectivity index (χ4v) is 7.18. The molecule has 0 unspecified atom stereocenters. The average Bonchev–Trinajstić information content (AvgIpc) is 2.85. The van der Waals surface area contributed by atoms with Crippen molar-refractivity contribution in [1.29, 1.82) is 5.26 Å². The number of benzene rings is 2. The van der Waals surface area contributed by atoms with Gasteiger partial charge in [0.25, 0.3) is 10.0 Å². The number of rotatable bonds is 4. The van der Waals surface area contributed by atoms with E-state index in [0.29, 0.717) is 48.1 Å². The Bertz CT molecular complexity index is 1650. The summed E-state index contributed by atoms with van der Waals surface area (Å²) in [6, 6.07) is 15.4. The number of hydrogen-bond donors (Lipinski definition) is 2. The SMILES string of the molecule is CC1(C)CC(=O)C2=C(C1)N(c1ccc(S(=O)(=O)N=C(N)N)cc1)C1=C(C(=O)CC(C)(C)C1)C2c1ccc(C#N)cc1. The Morgan fingerprint density at radius 1 is 0.854 bits per heavy atom. The Morgan fingerprint density at radius 3 is 1.78 bits per heavy atom. The van der Waals surface area contributed by atoms with E-state index in [1.807, 2.05) is 44.7 Å². The molecule has 0 saturated carbocycles. The van der Waals surface area contributed by atoms with Crippen LogP contribution in [0.2, 0.25) is 0 Å². The topological polar surface area (TPSA) is 160 Å². The number of nitrogens with two attached hydrogens (primary N) is 2. The molecule has 0 bridgehead atoms. The maximum absolute atomic E-state index is 13.9. The lowest BCUT2D eigenvalue weighted by atomic mass is 9.63. The van der Waals surface area contributed by atoms with Gasteiger partial charge in [-0.15, -0.1) is 4.40 Å². The van der Waals surface area contributed by atoms with E-state index in [1.54, 1.807) is 24.3 Å². The van der Waals surface area contributed by atoms with E-state index in [1.165, 1.54) is 12.1 Å². The van der Waals surface area contributed by atoms with Crippen molar-refractivity contribution >= 4 is 33.2 Å². The Balaban J connectivity index is 1.77. The third-order valence-electron chi connectivity index (χ3n) is 7.90. The van der Waals surface area contributed by atoms with Crippen LogP contribution >= 0.6 is 0 Å². The molecule has 212 valence electrons. The van der Waals surface area contributed by atoms with Crippen LogP contribution in [-0.4, -0.2) is 25.9 Å². The molecule has 0 spiro atoms. The molecule has 2 aromatic rings. The largest absolute Gasteiger partial charge is 0.369 e. The molecule has 0 atom stereocenters. The van der Waals surface area contributed by atoms with E-state index in [0.717, 1.165) is 17.0 Å². The predicted molar refractivity (Wildman–Crippen MR) is 156 cm³/mol. The molecule has 0 radical (unpaired) electrons. The first kappa shape index (κ1) is 28.3. The molecular weight excluding hydrogens is 538 g/mol. The van der Waals surface area contributed by atoms with Gasteiger partial charge in [-0.05, 0) is 65.6 Å². The molecule has 41 heavy (non-hydrogen) atoms. The van der Waals surface area contributed by atoms with Gasteiger partial charge in [-0.2, -0.15) is 13.7 Å². The number of sulfonamides is 1. The number of Topliss-reactive ketones (excluding diaryl/α,β-unsaturated/α-hetero) is 2. The second kappa shape index (κ2) is 9.70. The van der Waals surface area contributed by atoms with Crippen LogP contribution in [0.25, 0.3) is 0 Å². The standard InChI is InChI=1S/C31H33N5O4S/c1-30(2)13-22-27(24(37)15-30)26(19-7-5-18(17-32)6-8-19)28-23(14-31(3,4)16-25(28)38)36(22)20-9-11-21(12-10-20)41(39,40)35-29(33)34/h5-12,26H,13-16H2,1-4H3,(H4,33,34,35). The number of guanidine groups is 1. The van der Waals surface area contributed by atoms with Gasteiger partial charge < -0.3 is 16.4 Å². The molecule has 0 fully saturated rings. The zero-order valence-electron chi connectivity index (χ0n) is 23.6. The summed E-state index contributed by atoms with van der Waals surface area (Å²) in [7, 11) is -4.09. The summed E-state index contributed by atoms with van der Waals surface area (Å²) in [5.41, 5.74) is 14.7. The highest BCUT2D eigenvalue weighted by atomic mass is 32.2. The third kappa shape index (κ3) is 5.18. The van der Waals surface area contributed by atoms with Gasteiger partial charge in [-0.1, -0.05) is 39.8 Å². The number of carbonyl (C=O) groups excluding carboxylic acids is 2. The third-order valence-corrected chi connectivity index (χ3v) is 9.22. The summed E-state index contributed by atoms with van der Waals surface area (Å²) < 4.78 is 28.6. The van der Waals surface area contributed by atoms with Crippen molar-refractivity contribution < 1.29 is 18.0 Å². The number of nitrogens with zero attached hydrogens (tertiary/aromatic N) is 3. The number of anilines is 1. The van der Waals surface area contributed by atoms with E-state index in [2.05, 4.69) is 10.5 Å². The second-order valence-corrected chi connectivity index (χ2v) is 14.2. The molecule has 10 heteroatoms. The molecule has 0 aromatic heterocycles. The zero-order valence-corrected chi connectivity index (χ0v) is 24.4. The van der Waals surface area contributed by atoms with Gasteiger partial charge in [0.2, 0.25) is 5.96 Å². The molecule has 2 aliphatic carbocycles. The molecule has 1 aliphatic heterocycles. The van der Waals surface area contributed by atoms with Crippen LogP contribution in [0, 0.1) is 22.2 Å². The van der Waals surface area contributed by atoms with Crippen molar-refractivity contribution in [2.75, 3.05) is 4.90 Å². The van der Waals surface area contributed by atoms with Gasteiger partial charge in [-0.25, -0.2) is 0 Å². The van der Waals surface area contributed by atoms with Gasteiger partial charge in [0.05, 0.1) is 16.5 Å². The molecule has 0 amide bonds. The minimum absolute atomic E-state index is 0.0215. The Hall–Kier alpha value is -4.23. The van der Waals surface area contributed by atoms with Crippen molar-refractivity contribution in [1.82, 2.24) is 0 Å². The van der Waals surface area contributed by atoms with Gasteiger partial charge in [0, 0.05) is 47.0 Å². The molecule has 5 rings (SSSR count). The van der Waals surface area contributed by atoms with E-state index in [-0.39, 0.29) is 27.3 Å². The smallest absolute Gasteiger partial charge is 0.285 e. The first-order valence-corrected chi connectivity index (χ1v) is 14.9.